The van der Waals surface area contributed by atoms with Crippen LogP contribution < -0.4 is 16.0 Å². The summed E-state index contributed by atoms with van der Waals surface area (Å²) in [4.78, 5) is 46.9. The number of hydrogen-bond acceptors (Lipinski definition) is 5. The highest BCUT2D eigenvalue weighted by Crippen LogP contribution is 2.33. The fraction of sp³-hybridized carbons (Fsp3) is 0.310. The van der Waals surface area contributed by atoms with Crippen molar-refractivity contribution in [1.82, 2.24) is 15.2 Å². The van der Waals surface area contributed by atoms with Crippen LogP contribution in [0.1, 0.15) is 52.5 Å². The van der Waals surface area contributed by atoms with Gasteiger partial charge in [-0.05, 0) is 78.8 Å². The molecule has 37 heavy (non-hydrogen) atoms. The lowest BCUT2D eigenvalue weighted by Gasteiger charge is -2.27. The number of carbonyl (C=O) groups excluding carboxylic acids is 3. The van der Waals surface area contributed by atoms with Gasteiger partial charge in [-0.2, -0.15) is 0 Å². The molecule has 0 spiro atoms. The van der Waals surface area contributed by atoms with E-state index >= 15 is 0 Å². The Morgan fingerprint density at radius 2 is 1.86 bits per heavy atom. The molecular weight excluding hydrogens is 466 g/mol. The van der Waals surface area contributed by atoms with Gasteiger partial charge in [0.15, 0.2) is 0 Å². The number of aromatic nitrogens is 1. The molecule has 1 aliphatic carbocycles. The molecule has 8 heteroatoms. The summed E-state index contributed by atoms with van der Waals surface area (Å²) in [6, 6.07) is 15.6. The smallest absolute Gasteiger partial charge is 0.256 e. The fourth-order valence-corrected chi connectivity index (χ4v) is 4.91. The maximum absolute atomic E-state index is 13.7. The van der Waals surface area contributed by atoms with Gasteiger partial charge in [-0.3, -0.25) is 14.4 Å². The molecular formula is C29H31N5O3. The first kappa shape index (κ1) is 24.5. The first-order valence-electron chi connectivity index (χ1n) is 12.6. The molecule has 3 amide bonds. The van der Waals surface area contributed by atoms with Gasteiger partial charge in [0.1, 0.15) is 11.9 Å². The average Bonchev–Trinajstić information content (AvgIpc) is 2.94. The van der Waals surface area contributed by atoms with Crippen molar-refractivity contribution in [3.05, 3.63) is 77.5 Å². The Kier molecular flexibility index (Phi) is 6.65. The Balaban J connectivity index is 1.41. The van der Waals surface area contributed by atoms with Crippen LogP contribution in [0.2, 0.25) is 0 Å². The number of fused-ring (bicyclic) bond motifs is 1. The van der Waals surface area contributed by atoms with Crippen LogP contribution in [-0.4, -0.2) is 47.2 Å². The Labute approximate surface area is 216 Å². The summed E-state index contributed by atoms with van der Waals surface area (Å²) in [6.45, 7) is 2.64. The van der Waals surface area contributed by atoms with Crippen LogP contribution >= 0.6 is 0 Å². The van der Waals surface area contributed by atoms with Crippen molar-refractivity contribution in [2.75, 3.05) is 24.2 Å². The van der Waals surface area contributed by atoms with Crippen LogP contribution in [0.4, 0.5) is 11.5 Å². The van der Waals surface area contributed by atoms with Crippen molar-refractivity contribution in [3.8, 4) is 11.1 Å². The normalized spacial score (nSPS) is 17.7. The van der Waals surface area contributed by atoms with E-state index in [1.54, 1.807) is 49.3 Å². The van der Waals surface area contributed by atoms with Gasteiger partial charge in [-0.1, -0.05) is 24.6 Å². The number of nitrogen functional groups attached to an aromatic ring is 1. The summed E-state index contributed by atoms with van der Waals surface area (Å²) < 4.78 is 0. The minimum absolute atomic E-state index is 0.116. The van der Waals surface area contributed by atoms with Gasteiger partial charge in [0.25, 0.3) is 11.8 Å². The van der Waals surface area contributed by atoms with Crippen molar-refractivity contribution < 1.29 is 14.4 Å². The van der Waals surface area contributed by atoms with Crippen LogP contribution in [0.15, 0.2) is 60.8 Å². The quantitative estimate of drug-likeness (QED) is 0.538. The van der Waals surface area contributed by atoms with Gasteiger partial charge < -0.3 is 20.9 Å². The molecule has 3 aromatic rings. The first-order chi connectivity index (χ1) is 17.8. The van der Waals surface area contributed by atoms with E-state index in [4.69, 9.17) is 5.73 Å². The van der Waals surface area contributed by atoms with Crippen molar-refractivity contribution in [3.63, 3.8) is 0 Å². The number of amides is 3. The van der Waals surface area contributed by atoms with Gasteiger partial charge in [0.2, 0.25) is 5.91 Å². The largest absolute Gasteiger partial charge is 0.384 e. The van der Waals surface area contributed by atoms with Crippen LogP contribution in [-0.2, 0) is 11.3 Å². The van der Waals surface area contributed by atoms with E-state index < -0.39 is 6.04 Å². The Hall–Kier alpha value is -4.20. The molecule has 1 saturated carbocycles. The Morgan fingerprint density at radius 1 is 1.08 bits per heavy atom. The second-order valence-corrected chi connectivity index (χ2v) is 9.91. The van der Waals surface area contributed by atoms with Crippen molar-refractivity contribution in [2.45, 2.75) is 38.8 Å². The lowest BCUT2D eigenvalue weighted by molar-refractivity contribution is -0.122. The zero-order valence-electron chi connectivity index (χ0n) is 21.1. The summed E-state index contributed by atoms with van der Waals surface area (Å²) >= 11 is 0. The minimum Gasteiger partial charge on any atom is -0.384 e. The molecule has 0 bridgehead atoms. The molecule has 8 nitrogen and oxygen atoms in total. The van der Waals surface area contributed by atoms with E-state index in [-0.39, 0.29) is 24.3 Å². The second-order valence-electron chi connectivity index (χ2n) is 9.91. The number of likely N-dealkylation sites (N-methyl/N-ethyl adjacent to an activating group) is 1. The molecule has 1 fully saturated rings. The predicted octanol–water partition coefficient (Wildman–Crippen LogP) is 3.87. The standard InChI is InChI=1S/C29H31N5O3/c1-18-28(36)33(2)25-14-21(22-11-12-31-26(30)15-22)9-10-24(25)29(37)34(18)17-20-7-4-8-23(13-20)27(35)32-16-19-5-3-6-19/h4,7-15,18-19H,3,5-6,16-17H2,1-2H3,(H2,30,31)(H,32,35)/t18-/m1/s1. The zero-order valence-corrected chi connectivity index (χ0v) is 21.1. The maximum Gasteiger partial charge on any atom is 0.256 e. The maximum atomic E-state index is 13.7. The van der Waals surface area contributed by atoms with E-state index in [0.717, 1.165) is 29.5 Å². The van der Waals surface area contributed by atoms with E-state index in [9.17, 15) is 14.4 Å². The number of rotatable bonds is 6. The number of carbonyl (C=O) groups is 3. The topological polar surface area (TPSA) is 109 Å². The molecule has 1 aliphatic heterocycles. The van der Waals surface area contributed by atoms with Gasteiger partial charge in [0, 0.05) is 31.9 Å². The van der Waals surface area contributed by atoms with E-state index in [2.05, 4.69) is 10.3 Å². The number of nitrogens with two attached hydrogens (primary N) is 1. The summed E-state index contributed by atoms with van der Waals surface area (Å²) in [7, 11) is 1.69. The van der Waals surface area contributed by atoms with Crippen molar-refractivity contribution >= 4 is 29.2 Å². The highest BCUT2D eigenvalue weighted by molar-refractivity contribution is 6.11. The predicted molar refractivity (Wildman–Crippen MR) is 143 cm³/mol. The van der Waals surface area contributed by atoms with Crippen molar-refractivity contribution in [2.24, 2.45) is 5.92 Å². The highest BCUT2D eigenvalue weighted by Gasteiger charge is 2.35. The summed E-state index contributed by atoms with van der Waals surface area (Å²) in [5, 5.41) is 3.02. The SMILES string of the molecule is C[C@@H]1C(=O)N(C)c2cc(-c3ccnc(N)c3)ccc2C(=O)N1Cc1cccc(C(=O)NCC2CCC2)c1. The number of hydrogen-bond donors (Lipinski definition) is 2. The molecule has 1 atom stereocenters. The molecule has 0 saturated heterocycles. The second kappa shape index (κ2) is 10.0. The molecule has 3 N–H and O–H groups in total. The number of anilines is 2. The average molecular weight is 498 g/mol. The number of pyridine rings is 1. The molecule has 2 heterocycles. The highest BCUT2D eigenvalue weighted by atomic mass is 16.2. The molecule has 0 radical (unpaired) electrons. The first-order valence-corrected chi connectivity index (χ1v) is 12.6. The summed E-state index contributed by atoms with van der Waals surface area (Å²) in [5.41, 5.74) is 9.87. The third-order valence-corrected chi connectivity index (χ3v) is 7.44. The Morgan fingerprint density at radius 3 is 2.59 bits per heavy atom. The van der Waals surface area contributed by atoms with Crippen LogP contribution in [0.25, 0.3) is 11.1 Å². The summed E-state index contributed by atoms with van der Waals surface area (Å²) in [6.07, 6.45) is 5.19. The third-order valence-electron chi connectivity index (χ3n) is 7.44. The molecule has 0 unspecified atom stereocenters. The third kappa shape index (κ3) is 4.91. The number of nitrogens with zero attached hydrogens (tertiary/aromatic N) is 3. The number of nitrogens with one attached hydrogen (secondary N) is 1. The monoisotopic (exact) mass is 497 g/mol. The van der Waals surface area contributed by atoms with Gasteiger partial charge in [-0.25, -0.2) is 4.98 Å². The van der Waals surface area contributed by atoms with Crippen LogP contribution in [0.3, 0.4) is 0 Å². The Bertz CT molecular complexity index is 1370. The lowest BCUT2D eigenvalue weighted by Crippen LogP contribution is -2.45. The van der Waals surface area contributed by atoms with Crippen LogP contribution in [0.5, 0.6) is 0 Å². The lowest BCUT2D eigenvalue weighted by atomic mass is 9.85. The zero-order chi connectivity index (χ0) is 26.1. The molecule has 1 aromatic heterocycles. The fourth-order valence-electron chi connectivity index (χ4n) is 4.91. The van der Waals surface area contributed by atoms with Crippen molar-refractivity contribution in [1.29, 1.82) is 0 Å². The summed E-state index contributed by atoms with van der Waals surface area (Å²) in [5.74, 6) is 0.428. The minimum atomic E-state index is -0.680. The van der Waals surface area contributed by atoms with Gasteiger partial charge in [0.05, 0.1) is 11.3 Å². The molecule has 190 valence electrons. The van der Waals surface area contributed by atoms with E-state index in [1.807, 2.05) is 30.3 Å². The van der Waals surface area contributed by atoms with Crippen LogP contribution in [0, 0.1) is 5.92 Å². The van der Waals surface area contributed by atoms with Gasteiger partial charge in [-0.15, -0.1) is 0 Å². The van der Waals surface area contributed by atoms with Gasteiger partial charge >= 0.3 is 0 Å². The van der Waals surface area contributed by atoms with E-state index in [0.29, 0.717) is 35.1 Å². The van der Waals surface area contributed by atoms with E-state index in [1.165, 1.54) is 11.3 Å². The number of benzene rings is 2. The molecule has 5 rings (SSSR count). The molecule has 2 aliphatic rings. The molecule has 2 aromatic carbocycles.